The molecule has 0 aromatic carbocycles. The normalized spacial score (nSPS) is 14.4. The summed E-state index contributed by atoms with van der Waals surface area (Å²) in [6, 6.07) is -0.245. The standard InChI is InChI=1S/C14H30N2O4/c1-5-7-15-13(14(17)18)6-8-16(9-10-19-3)12(2)11-20-4/h12-13,15H,5-11H2,1-4H3,(H,17,18). The van der Waals surface area contributed by atoms with Crippen LogP contribution in [0, 0.1) is 0 Å². The van der Waals surface area contributed by atoms with Crippen molar-refractivity contribution >= 4 is 5.97 Å². The second kappa shape index (κ2) is 12.1. The van der Waals surface area contributed by atoms with Gasteiger partial charge in [-0.05, 0) is 26.3 Å². The first kappa shape index (κ1) is 19.3. The van der Waals surface area contributed by atoms with Crippen molar-refractivity contribution in [2.24, 2.45) is 0 Å². The van der Waals surface area contributed by atoms with Crippen molar-refractivity contribution in [2.75, 3.05) is 47.1 Å². The number of nitrogens with zero attached hydrogens (tertiary/aromatic N) is 1. The zero-order valence-corrected chi connectivity index (χ0v) is 13.2. The van der Waals surface area contributed by atoms with Gasteiger partial charge in [-0.1, -0.05) is 6.92 Å². The second-order valence-corrected chi connectivity index (χ2v) is 4.97. The van der Waals surface area contributed by atoms with Gasteiger partial charge in [0.05, 0.1) is 13.2 Å². The maximum absolute atomic E-state index is 11.2. The van der Waals surface area contributed by atoms with E-state index in [1.807, 2.05) is 6.92 Å². The molecule has 0 aromatic rings. The highest BCUT2D eigenvalue weighted by atomic mass is 16.5. The highest BCUT2D eigenvalue weighted by Gasteiger charge is 2.20. The van der Waals surface area contributed by atoms with E-state index in [4.69, 9.17) is 9.47 Å². The van der Waals surface area contributed by atoms with Crippen LogP contribution in [0.25, 0.3) is 0 Å². The number of hydrogen-bond donors (Lipinski definition) is 2. The lowest BCUT2D eigenvalue weighted by atomic mass is 10.1. The molecular formula is C14H30N2O4. The minimum absolute atomic E-state index is 0.246. The summed E-state index contributed by atoms with van der Waals surface area (Å²) in [6.07, 6.45) is 1.50. The van der Waals surface area contributed by atoms with Crippen LogP contribution >= 0.6 is 0 Å². The Morgan fingerprint density at radius 1 is 1.30 bits per heavy atom. The van der Waals surface area contributed by atoms with Gasteiger partial charge in [-0.3, -0.25) is 9.69 Å². The highest BCUT2D eigenvalue weighted by molar-refractivity contribution is 5.73. The van der Waals surface area contributed by atoms with E-state index in [2.05, 4.69) is 17.1 Å². The van der Waals surface area contributed by atoms with E-state index in [0.29, 0.717) is 26.2 Å². The number of carboxylic acid groups (broad SMARTS) is 1. The van der Waals surface area contributed by atoms with Crippen LogP contribution in [0.15, 0.2) is 0 Å². The van der Waals surface area contributed by atoms with E-state index in [0.717, 1.165) is 19.5 Å². The van der Waals surface area contributed by atoms with Crippen LogP contribution in [0.3, 0.4) is 0 Å². The van der Waals surface area contributed by atoms with Crippen molar-refractivity contribution in [1.29, 1.82) is 0 Å². The Labute approximate surface area is 122 Å². The fourth-order valence-corrected chi connectivity index (χ4v) is 2.03. The molecule has 0 saturated carbocycles. The summed E-state index contributed by atoms with van der Waals surface area (Å²) in [4.78, 5) is 13.4. The molecular weight excluding hydrogens is 260 g/mol. The fourth-order valence-electron chi connectivity index (χ4n) is 2.03. The zero-order chi connectivity index (χ0) is 15.4. The van der Waals surface area contributed by atoms with E-state index in [9.17, 15) is 9.90 Å². The molecule has 0 spiro atoms. The number of rotatable bonds is 13. The van der Waals surface area contributed by atoms with Gasteiger partial charge >= 0.3 is 5.97 Å². The molecule has 2 unspecified atom stereocenters. The van der Waals surface area contributed by atoms with E-state index >= 15 is 0 Å². The first-order valence-electron chi connectivity index (χ1n) is 7.24. The summed E-state index contributed by atoms with van der Waals surface area (Å²) < 4.78 is 10.3. The van der Waals surface area contributed by atoms with Crippen molar-refractivity contribution in [3.05, 3.63) is 0 Å². The van der Waals surface area contributed by atoms with Gasteiger partial charge in [0, 0.05) is 33.4 Å². The molecule has 0 fully saturated rings. The molecule has 0 rings (SSSR count). The zero-order valence-electron chi connectivity index (χ0n) is 13.2. The van der Waals surface area contributed by atoms with Gasteiger partial charge in [-0.25, -0.2) is 0 Å². The van der Waals surface area contributed by atoms with Gasteiger partial charge in [0.2, 0.25) is 0 Å². The lowest BCUT2D eigenvalue weighted by Crippen LogP contribution is -2.44. The molecule has 0 aliphatic rings. The number of carboxylic acids is 1. The van der Waals surface area contributed by atoms with Crippen LogP contribution in [0.5, 0.6) is 0 Å². The maximum Gasteiger partial charge on any atom is 0.320 e. The van der Waals surface area contributed by atoms with E-state index in [1.54, 1.807) is 14.2 Å². The first-order chi connectivity index (χ1) is 9.56. The maximum atomic E-state index is 11.2. The fraction of sp³-hybridized carbons (Fsp3) is 0.929. The van der Waals surface area contributed by atoms with Crippen LogP contribution in [-0.2, 0) is 14.3 Å². The molecule has 20 heavy (non-hydrogen) atoms. The van der Waals surface area contributed by atoms with Gasteiger partial charge in [0.25, 0.3) is 0 Å². The number of nitrogens with one attached hydrogen (secondary N) is 1. The molecule has 0 heterocycles. The summed E-state index contributed by atoms with van der Waals surface area (Å²) in [7, 11) is 3.34. The molecule has 0 aliphatic carbocycles. The minimum atomic E-state index is -0.787. The summed E-state index contributed by atoms with van der Waals surface area (Å²) >= 11 is 0. The Morgan fingerprint density at radius 2 is 2.00 bits per heavy atom. The molecule has 0 radical (unpaired) electrons. The van der Waals surface area contributed by atoms with E-state index in [-0.39, 0.29) is 6.04 Å². The van der Waals surface area contributed by atoms with Gasteiger partial charge in [0.15, 0.2) is 0 Å². The van der Waals surface area contributed by atoms with Crippen molar-refractivity contribution in [3.63, 3.8) is 0 Å². The van der Waals surface area contributed by atoms with Gasteiger partial charge in [0.1, 0.15) is 6.04 Å². The molecule has 0 aliphatic heterocycles. The SMILES string of the molecule is CCCNC(CCN(CCOC)C(C)COC)C(=O)O. The van der Waals surface area contributed by atoms with Gasteiger partial charge < -0.3 is 19.9 Å². The van der Waals surface area contributed by atoms with Crippen LogP contribution in [-0.4, -0.2) is 75.1 Å². The number of methoxy groups -OCH3 is 2. The molecule has 0 aromatic heterocycles. The topological polar surface area (TPSA) is 71.0 Å². The average molecular weight is 290 g/mol. The van der Waals surface area contributed by atoms with Gasteiger partial charge in [-0.15, -0.1) is 0 Å². The summed E-state index contributed by atoms with van der Waals surface area (Å²) in [5.41, 5.74) is 0. The van der Waals surface area contributed by atoms with E-state index in [1.165, 1.54) is 0 Å². The van der Waals surface area contributed by atoms with Gasteiger partial charge in [-0.2, -0.15) is 0 Å². The third-order valence-corrected chi connectivity index (χ3v) is 3.26. The molecule has 2 N–H and O–H groups in total. The van der Waals surface area contributed by atoms with Crippen LogP contribution in [0.2, 0.25) is 0 Å². The molecule has 2 atom stereocenters. The largest absolute Gasteiger partial charge is 0.480 e. The number of ether oxygens (including phenoxy) is 2. The van der Waals surface area contributed by atoms with Crippen molar-refractivity contribution in [2.45, 2.75) is 38.8 Å². The van der Waals surface area contributed by atoms with Crippen molar-refractivity contribution < 1.29 is 19.4 Å². The lowest BCUT2D eigenvalue weighted by Gasteiger charge is -2.29. The summed E-state index contributed by atoms with van der Waals surface area (Å²) in [5, 5.41) is 12.3. The molecule has 0 saturated heterocycles. The summed E-state index contributed by atoms with van der Waals surface area (Å²) in [5.74, 6) is -0.787. The quantitative estimate of drug-likeness (QED) is 0.523. The Hall–Kier alpha value is -0.690. The average Bonchev–Trinajstić information content (AvgIpc) is 2.41. The van der Waals surface area contributed by atoms with Crippen LogP contribution in [0.4, 0.5) is 0 Å². The smallest absolute Gasteiger partial charge is 0.320 e. The molecule has 6 nitrogen and oxygen atoms in total. The highest BCUT2D eigenvalue weighted by Crippen LogP contribution is 2.04. The number of carbonyl (C=O) groups is 1. The van der Waals surface area contributed by atoms with Crippen LogP contribution < -0.4 is 5.32 Å². The third kappa shape index (κ3) is 8.47. The van der Waals surface area contributed by atoms with Crippen molar-refractivity contribution in [1.82, 2.24) is 10.2 Å². The molecule has 120 valence electrons. The van der Waals surface area contributed by atoms with Crippen LogP contribution in [0.1, 0.15) is 26.7 Å². The van der Waals surface area contributed by atoms with Crippen molar-refractivity contribution in [3.8, 4) is 0 Å². The Kier molecular flexibility index (Phi) is 11.7. The monoisotopic (exact) mass is 290 g/mol. The predicted molar refractivity (Wildman–Crippen MR) is 79.1 cm³/mol. The second-order valence-electron chi connectivity index (χ2n) is 4.97. The molecule has 0 bridgehead atoms. The number of hydrogen-bond acceptors (Lipinski definition) is 5. The molecule has 0 amide bonds. The third-order valence-electron chi connectivity index (χ3n) is 3.26. The Morgan fingerprint density at radius 3 is 2.50 bits per heavy atom. The lowest BCUT2D eigenvalue weighted by molar-refractivity contribution is -0.139. The Bertz CT molecular complexity index is 251. The first-order valence-corrected chi connectivity index (χ1v) is 7.24. The Balaban J connectivity index is 4.34. The molecule has 6 heteroatoms. The predicted octanol–water partition coefficient (Wildman–Crippen LogP) is 0.813. The summed E-state index contributed by atoms with van der Waals surface area (Å²) in [6.45, 7) is 7.58. The number of aliphatic carboxylic acids is 1. The minimum Gasteiger partial charge on any atom is -0.480 e. The van der Waals surface area contributed by atoms with E-state index < -0.39 is 12.0 Å².